The van der Waals surface area contributed by atoms with E-state index in [4.69, 9.17) is 0 Å². The zero-order chi connectivity index (χ0) is 13.9. The largest absolute Gasteiger partial charge is 0.343 e. The van der Waals surface area contributed by atoms with E-state index in [1.54, 1.807) is 11.8 Å². The lowest BCUT2D eigenvalue weighted by Gasteiger charge is -2.38. The first-order valence-corrected chi connectivity index (χ1v) is 6.97. The first kappa shape index (κ1) is 15.0. The minimum atomic E-state index is -0.338. The first-order chi connectivity index (χ1) is 8.36. The Kier molecular flexibility index (Phi) is 5.17. The maximum absolute atomic E-state index is 12.2. The van der Waals surface area contributed by atoms with E-state index in [1.807, 2.05) is 6.92 Å². The quantitative estimate of drug-likeness (QED) is 0.813. The van der Waals surface area contributed by atoms with Gasteiger partial charge in [-0.15, -0.1) is 0 Å². The SMILES string of the molecule is CCC1NC(=O)C(C)N(CC(C)CC(C)C)C1=O. The minimum Gasteiger partial charge on any atom is -0.343 e. The number of carbonyl (C=O) groups is 2. The van der Waals surface area contributed by atoms with Crippen molar-refractivity contribution < 1.29 is 9.59 Å². The first-order valence-electron chi connectivity index (χ1n) is 6.97. The third-order valence-electron chi connectivity index (χ3n) is 3.54. The van der Waals surface area contributed by atoms with Crippen LogP contribution in [0.15, 0.2) is 0 Å². The van der Waals surface area contributed by atoms with Gasteiger partial charge in [-0.25, -0.2) is 0 Å². The van der Waals surface area contributed by atoms with E-state index in [-0.39, 0.29) is 23.9 Å². The third kappa shape index (κ3) is 3.47. The van der Waals surface area contributed by atoms with Crippen molar-refractivity contribution in [2.45, 2.75) is 59.5 Å². The summed E-state index contributed by atoms with van der Waals surface area (Å²) in [7, 11) is 0. The highest BCUT2D eigenvalue weighted by Crippen LogP contribution is 2.18. The molecule has 0 aromatic rings. The van der Waals surface area contributed by atoms with Gasteiger partial charge in [0.05, 0.1) is 0 Å². The van der Waals surface area contributed by atoms with Crippen LogP contribution in [0.5, 0.6) is 0 Å². The molecule has 1 saturated heterocycles. The summed E-state index contributed by atoms with van der Waals surface area (Å²) in [4.78, 5) is 25.8. The van der Waals surface area contributed by atoms with Crippen LogP contribution in [0, 0.1) is 11.8 Å². The third-order valence-corrected chi connectivity index (χ3v) is 3.54. The molecule has 0 saturated carbocycles. The second kappa shape index (κ2) is 6.21. The van der Waals surface area contributed by atoms with E-state index in [0.717, 1.165) is 6.42 Å². The summed E-state index contributed by atoms with van der Waals surface area (Å²) < 4.78 is 0. The van der Waals surface area contributed by atoms with E-state index >= 15 is 0 Å². The maximum atomic E-state index is 12.2. The van der Waals surface area contributed by atoms with Gasteiger partial charge < -0.3 is 10.2 Å². The molecule has 3 atom stereocenters. The minimum absolute atomic E-state index is 0.0294. The highest BCUT2D eigenvalue weighted by Gasteiger charge is 2.37. The Hall–Kier alpha value is -1.06. The summed E-state index contributed by atoms with van der Waals surface area (Å²) >= 11 is 0. The smallest absolute Gasteiger partial charge is 0.245 e. The Morgan fingerprint density at radius 2 is 1.89 bits per heavy atom. The molecular formula is C14H26N2O2. The van der Waals surface area contributed by atoms with Crippen LogP contribution in [0.25, 0.3) is 0 Å². The van der Waals surface area contributed by atoms with Gasteiger partial charge in [-0.1, -0.05) is 27.7 Å². The van der Waals surface area contributed by atoms with Crippen molar-refractivity contribution in [2.75, 3.05) is 6.54 Å². The standard InChI is InChI=1S/C14H26N2O2/c1-6-12-14(18)16(11(5)13(17)15-12)8-10(4)7-9(2)3/h9-12H,6-8H2,1-5H3,(H,15,17). The van der Waals surface area contributed by atoms with Crippen LogP contribution in [0.4, 0.5) is 0 Å². The van der Waals surface area contributed by atoms with Crippen LogP contribution in [0.2, 0.25) is 0 Å². The van der Waals surface area contributed by atoms with Crippen LogP contribution in [0.3, 0.4) is 0 Å². The Morgan fingerprint density at radius 3 is 2.39 bits per heavy atom. The summed E-state index contributed by atoms with van der Waals surface area (Å²) in [5.74, 6) is 1.09. The van der Waals surface area contributed by atoms with Crippen molar-refractivity contribution in [1.82, 2.24) is 10.2 Å². The van der Waals surface area contributed by atoms with Crippen molar-refractivity contribution in [3.8, 4) is 0 Å². The van der Waals surface area contributed by atoms with Gasteiger partial charge in [0, 0.05) is 6.54 Å². The number of nitrogens with one attached hydrogen (secondary N) is 1. The molecule has 0 bridgehead atoms. The average Bonchev–Trinajstić information content (AvgIpc) is 2.28. The van der Waals surface area contributed by atoms with Crippen molar-refractivity contribution in [2.24, 2.45) is 11.8 Å². The van der Waals surface area contributed by atoms with E-state index in [9.17, 15) is 9.59 Å². The number of hydrogen-bond donors (Lipinski definition) is 1. The van der Waals surface area contributed by atoms with Gasteiger partial charge >= 0.3 is 0 Å². The highest BCUT2D eigenvalue weighted by molar-refractivity contribution is 5.96. The summed E-state index contributed by atoms with van der Waals surface area (Å²) in [6.45, 7) is 10.9. The molecule has 1 rings (SSSR count). The molecule has 1 fully saturated rings. The molecule has 0 aromatic heterocycles. The Bertz CT molecular complexity index is 315. The Balaban J connectivity index is 2.70. The summed E-state index contributed by atoms with van der Waals surface area (Å²) in [6.07, 6.45) is 1.74. The van der Waals surface area contributed by atoms with Crippen LogP contribution in [-0.4, -0.2) is 35.3 Å². The van der Waals surface area contributed by atoms with Gasteiger partial charge in [-0.05, 0) is 31.6 Å². The zero-order valence-corrected chi connectivity index (χ0v) is 12.2. The second-order valence-corrected chi connectivity index (χ2v) is 5.87. The van der Waals surface area contributed by atoms with E-state index in [2.05, 4.69) is 26.1 Å². The van der Waals surface area contributed by atoms with Crippen LogP contribution in [-0.2, 0) is 9.59 Å². The van der Waals surface area contributed by atoms with Crippen molar-refractivity contribution in [1.29, 1.82) is 0 Å². The lowest BCUT2D eigenvalue weighted by Crippen LogP contribution is -2.62. The lowest BCUT2D eigenvalue weighted by molar-refractivity contribution is -0.149. The van der Waals surface area contributed by atoms with Gasteiger partial charge in [-0.3, -0.25) is 9.59 Å². The number of piperazine rings is 1. The van der Waals surface area contributed by atoms with Gasteiger partial charge in [-0.2, -0.15) is 0 Å². The van der Waals surface area contributed by atoms with E-state index < -0.39 is 0 Å². The summed E-state index contributed by atoms with van der Waals surface area (Å²) in [5.41, 5.74) is 0. The fraction of sp³-hybridized carbons (Fsp3) is 0.857. The molecule has 0 aromatic carbocycles. The van der Waals surface area contributed by atoms with Gasteiger partial charge in [0.25, 0.3) is 0 Å². The molecule has 18 heavy (non-hydrogen) atoms. The number of carbonyl (C=O) groups excluding carboxylic acids is 2. The molecule has 1 heterocycles. The predicted octanol–water partition coefficient (Wildman–Crippen LogP) is 1.79. The van der Waals surface area contributed by atoms with E-state index in [0.29, 0.717) is 24.8 Å². The molecule has 1 aliphatic heterocycles. The molecule has 1 N–H and O–H groups in total. The predicted molar refractivity (Wildman–Crippen MR) is 72.0 cm³/mol. The Morgan fingerprint density at radius 1 is 1.28 bits per heavy atom. The van der Waals surface area contributed by atoms with Gasteiger partial charge in [0.15, 0.2) is 0 Å². The summed E-state index contributed by atoms with van der Waals surface area (Å²) in [5, 5.41) is 2.78. The van der Waals surface area contributed by atoms with Gasteiger partial charge in [0.1, 0.15) is 12.1 Å². The highest BCUT2D eigenvalue weighted by atomic mass is 16.2. The second-order valence-electron chi connectivity index (χ2n) is 5.87. The summed E-state index contributed by atoms with van der Waals surface area (Å²) in [6, 6.07) is -0.671. The number of hydrogen-bond acceptors (Lipinski definition) is 2. The van der Waals surface area contributed by atoms with Crippen LogP contribution in [0.1, 0.15) is 47.5 Å². The molecule has 0 spiro atoms. The van der Waals surface area contributed by atoms with Crippen molar-refractivity contribution in [3.05, 3.63) is 0 Å². The fourth-order valence-corrected chi connectivity index (χ4v) is 2.63. The van der Waals surface area contributed by atoms with Crippen molar-refractivity contribution in [3.63, 3.8) is 0 Å². The molecule has 0 aliphatic carbocycles. The molecule has 1 aliphatic rings. The zero-order valence-electron chi connectivity index (χ0n) is 12.2. The van der Waals surface area contributed by atoms with Crippen LogP contribution < -0.4 is 5.32 Å². The molecule has 2 amide bonds. The molecule has 3 unspecified atom stereocenters. The lowest BCUT2D eigenvalue weighted by atomic mass is 9.96. The molecule has 0 radical (unpaired) electrons. The van der Waals surface area contributed by atoms with Crippen LogP contribution >= 0.6 is 0 Å². The Labute approximate surface area is 110 Å². The average molecular weight is 254 g/mol. The number of rotatable bonds is 5. The van der Waals surface area contributed by atoms with E-state index in [1.165, 1.54) is 0 Å². The molecular weight excluding hydrogens is 228 g/mol. The molecule has 4 heteroatoms. The number of amides is 2. The monoisotopic (exact) mass is 254 g/mol. The molecule has 104 valence electrons. The molecule has 4 nitrogen and oxygen atoms in total. The fourth-order valence-electron chi connectivity index (χ4n) is 2.63. The number of nitrogens with zero attached hydrogens (tertiary/aromatic N) is 1. The van der Waals surface area contributed by atoms with Gasteiger partial charge in [0.2, 0.25) is 11.8 Å². The maximum Gasteiger partial charge on any atom is 0.245 e. The topological polar surface area (TPSA) is 49.4 Å². The normalized spacial score (nSPS) is 26.4. The van der Waals surface area contributed by atoms with Crippen molar-refractivity contribution >= 4 is 11.8 Å².